The van der Waals surface area contributed by atoms with Gasteiger partial charge in [0.15, 0.2) is 0 Å². The zero-order chi connectivity index (χ0) is 20.9. The van der Waals surface area contributed by atoms with Gasteiger partial charge >= 0.3 is 6.18 Å². The van der Waals surface area contributed by atoms with Gasteiger partial charge in [-0.15, -0.1) is 11.8 Å². The predicted molar refractivity (Wildman–Crippen MR) is 115 cm³/mol. The number of carbonyl (C=O) groups is 1. The Labute approximate surface area is 187 Å². The van der Waals surface area contributed by atoms with E-state index in [-0.39, 0.29) is 8.24 Å². The zero-order valence-corrected chi connectivity index (χ0v) is 19.9. The Morgan fingerprint density at radius 2 is 1.86 bits per heavy atom. The highest BCUT2D eigenvalue weighted by Gasteiger charge is 2.67. The number of hydrogen-bond donors (Lipinski definition) is 0. The third-order valence-corrected chi connectivity index (χ3v) is 9.22. The van der Waals surface area contributed by atoms with Gasteiger partial charge in [0.1, 0.15) is 5.82 Å². The van der Waals surface area contributed by atoms with Crippen molar-refractivity contribution in [1.82, 2.24) is 4.90 Å². The molecule has 2 aliphatic rings. The molecule has 0 spiro atoms. The summed E-state index contributed by atoms with van der Waals surface area (Å²) >= 11 is 6.49. The van der Waals surface area contributed by atoms with Gasteiger partial charge < -0.3 is 9.80 Å². The number of nitrogens with zero attached hydrogens (tertiary/aromatic N) is 2. The lowest BCUT2D eigenvalue weighted by Gasteiger charge is -2.38. The van der Waals surface area contributed by atoms with Crippen molar-refractivity contribution in [1.29, 1.82) is 0 Å². The standard InChI is InChI=1S/C18H20BrF4IN2OS/c1-11-7-12(20)13(8-14(11)28-10-18(21,22)23)25-3-5-26(6-4-25)15(27)16(2)9-17(16,19)24/h7-8H,3-6,9-10H2,1-2H3. The minimum atomic E-state index is -4.28. The molecular weight excluding hydrogens is 575 g/mol. The largest absolute Gasteiger partial charge is 0.398 e. The maximum Gasteiger partial charge on any atom is 0.398 e. The van der Waals surface area contributed by atoms with Crippen LogP contribution in [0, 0.1) is 18.2 Å². The fourth-order valence-electron chi connectivity index (χ4n) is 3.33. The van der Waals surface area contributed by atoms with Crippen LogP contribution in [-0.4, -0.2) is 51.2 Å². The third-order valence-electron chi connectivity index (χ3n) is 5.27. The van der Waals surface area contributed by atoms with E-state index in [0.29, 0.717) is 54.1 Å². The third kappa shape index (κ3) is 4.58. The normalized spacial score (nSPS) is 27.9. The van der Waals surface area contributed by atoms with Crippen LogP contribution in [0.3, 0.4) is 0 Å². The number of rotatable bonds is 4. The van der Waals surface area contributed by atoms with Crippen molar-refractivity contribution < 1.29 is 22.4 Å². The number of aryl methyl sites for hydroxylation is 1. The summed E-state index contributed by atoms with van der Waals surface area (Å²) in [7, 11) is 0. The second kappa shape index (κ2) is 7.79. The molecule has 0 bridgehead atoms. The second-order valence-electron chi connectivity index (χ2n) is 7.47. The Balaban J connectivity index is 1.68. The smallest absolute Gasteiger partial charge is 0.366 e. The van der Waals surface area contributed by atoms with Crippen LogP contribution >= 0.6 is 50.3 Å². The molecular formula is C18H20BrF4IN2OS. The van der Waals surface area contributed by atoms with E-state index >= 15 is 0 Å². The minimum Gasteiger partial charge on any atom is -0.366 e. The minimum absolute atomic E-state index is 0.0872. The van der Waals surface area contributed by atoms with Crippen LogP contribution in [-0.2, 0) is 4.79 Å². The molecule has 1 amide bonds. The van der Waals surface area contributed by atoms with Gasteiger partial charge in [0.2, 0.25) is 5.91 Å². The van der Waals surface area contributed by atoms with E-state index in [1.807, 2.05) is 6.92 Å². The molecule has 2 fully saturated rings. The van der Waals surface area contributed by atoms with Crippen LogP contribution in [0.5, 0.6) is 0 Å². The number of halogens is 6. The first-order valence-corrected chi connectivity index (χ1v) is 11.6. The Morgan fingerprint density at radius 3 is 2.36 bits per heavy atom. The summed E-state index contributed by atoms with van der Waals surface area (Å²) < 4.78 is 51.9. The van der Waals surface area contributed by atoms with E-state index in [9.17, 15) is 22.4 Å². The lowest BCUT2D eigenvalue weighted by atomic mass is 10.1. The highest BCUT2D eigenvalue weighted by molar-refractivity contribution is 14.1. The molecule has 0 radical (unpaired) electrons. The van der Waals surface area contributed by atoms with E-state index in [1.165, 1.54) is 12.1 Å². The maximum absolute atomic E-state index is 14.5. The van der Waals surface area contributed by atoms with E-state index in [1.54, 1.807) is 16.7 Å². The molecule has 1 aliphatic carbocycles. The SMILES string of the molecule is Cc1cc(F)c(N2CCN(C(=O)C3(C)CC3(Br)I)CC2)cc1SCC(F)(F)F. The summed E-state index contributed by atoms with van der Waals surface area (Å²) in [4.78, 5) is 16.8. The van der Waals surface area contributed by atoms with Gasteiger partial charge in [0, 0.05) is 31.1 Å². The summed E-state index contributed by atoms with van der Waals surface area (Å²) in [5.41, 5.74) is 0.358. The Morgan fingerprint density at radius 1 is 1.29 bits per heavy atom. The second-order valence-corrected chi connectivity index (χ2v) is 13.2. The lowest BCUT2D eigenvalue weighted by Crippen LogP contribution is -2.51. The molecule has 28 heavy (non-hydrogen) atoms. The Bertz CT molecular complexity index is 784. The number of hydrogen-bond acceptors (Lipinski definition) is 3. The van der Waals surface area contributed by atoms with Crippen LogP contribution in [0.1, 0.15) is 18.9 Å². The molecule has 0 N–H and O–H groups in total. The van der Waals surface area contributed by atoms with Crippen LogP contribution in [0.15, 0.2) is 17.0 Å². The molecule has 156 valence electrons. The average Bonchev–Trinajstić information content (AvgIpc) is 3.12. The summed E-state index contributed by atoms with van der Waals surface area (Å²) in [6, 6.07) is 2.78. The number of thioether (sulfide) groups is 1. The zero-order valence-electron chi connectivity index (χ0n) is 15.4. The van der Waals surface area contributed by atoms with E-state index in [4.69, 9.17) is 0 Å². The number of benzene rings is 1. The molecule has 1 aromatic rings. The van der Waals surface area contributed by atoms with Gasteiger partial charge in [0.25, 0.3) is 0 Å². The number of amides is 1. The fraction of sp³-hybridized carbons (Fsp3) is 0.611. The van der Waals surface area contributed by atoms with Crippen molar-refractivity contribution >= 4 is 61.9 Å². The van der Waals surface area contributed by atoms with Crippen molar-refractivity contribution in [2.75, 3.05) is 36.8 Å². The molecule has 2 unspecified atom stereocenters. The number of carbonyl (C=O) groups excluding carboxylic acids is 1. The first-order valence-electron chi connectivity index (χ1n) is 8.76. The highest BCUT2D eigenvalue weighted by atomic mass is 127. The molecule has 1 saturated heterocycles. The molecule has 1 saturated carbocycles. The summed E-state index contributed by atoms with van der Waals surface area (Å²) in [5, 5.41) is 0. The Hall–Kier alpha value is -0.230. The van der Waals surface area contributed by atoms with Crippen molar-refractivity contribution in [3.8, 4) is 0 Å². The van der Waals surface area contributed by atoms with E-state index < -0.39 is 23.2 Å². The summed E-state index contributed by atoms with van der Waals surface area (Å²) in [6.45, 7) is 5.37. The molecule has 3 nitrogen and oxygen atoms in total. The topological polar surface area (TPSA) is 23.6 Å². The number of piperazine rings is 1. The Kier molecular flexibility index (Phi) is 6.25. The maximum atomic E-state index is 14.5. The van der Waals surface area contributed by atoms with E-state index in [2.05, 4.69) is 38.5 Å². The van der Waals surface area contributed by atoms with Gasteiger partial charge in [-0.2, -0.15) is 13.2 Å². The van der Waals surface area contributed by atoms with Crippen molar-refractivity contribution in [3.05, 3.63) is 23.5 Å². The van der Waals surface area contributed by atoms with Crippen LogP contribution < -0.4 is 4.90 Å². The quantitative estimate of drug-likeness (QED) is 0.203. The average molecular weight is 595 g/mol. The summed E-state index contributed by atoms with van der Waals surface area (Å²) in [6.07, 6.45) is -3.51. The van der Waals surface area contributed by atoms with Gasteiger partial charge in [-0.3, -0.25) is 4.79 Å². The fourth-order valence-corrected chi connectivity index (χ4v) is 5.86. The first-order chi connectivity index (χ1) is 12.8. The van der Waals surface area contributed by atoms with Gasteiger partial charge in [-0.1, -0.05) is 38.5 Å². The summed E-state index contributed by atoms with van der Waals surface area (Å²) in [5.74, 6) is -1.37. The molecule has 3 rings (SSSR count). The molecule has 2 atom stereocenters. The van der Waals surface area contributed by atoms with Crippen LogP contribution in [0.25, 0.3) is 0 Å². The number of alkyl halides is 5. The lowest BCUT2D eigenvalue weighted by molar-refractivity contribution is -0.136. The highest BCUT2D eigenvalue weighted by Crippen LogP contribution is 2.67. The van der Waals surface area contributed by atoms with Gasteiger partial charge in [-0.25, -0.2) is 4.39 Å². The van der Waals surface area contributed by atoms with Crippen molar-refractivity contribution in [2.24, 2.45) is 5.41 Å². The van der Waals surface area contributed by atoms with Gasteiger partial charge in [0.05, 0.1) is 19.2 Å². The van der Waals surface area contributed by atoms with Crippen LogP contribution in [0.2, 0.25) is 0 Å². The molecule has 10 heteroatoms. The number of anilines is 1. The predicted octanol–water partition coefficient (Wildman–Crippen LogP) is 5.37. The molecule has 0 aromatic heterocycles. The monoisotopic (exact) mass is 594 g/mol. The van der Waals surface area contributed by atoms with E-state index in [0.717, 1.165) is 6.42 Å². The van der Waals surface area contributed by atoms with Crippen LogP contribution in [0.4, 0.5) is 23.2 Å². The molecule has 1 aliphatic heterocycles. The van der Waals surface area contributed by atoms with Crippen molar-refractivity contribution in [2.45, 2.75) is 33.7 Å². The van der Waals surface area contributed by atoms with Crippen molar-refractivity contribution in [3.63, 3.8) is 0 Å². The molecule has 1 aromatic carbocycles. The molecule has 1 heterocycles. The first kappa shape index (κ1) is 22.5. The van der Waals surface area contributed by atoms with Gasteiger partial charge in [-0.05, 0) is 38.0 Å².